The predicted molar refractivity (Wildman–Crippen MR) is 281 cm³/mol. The SMILES string of the molecule is CCCN(CCCC(NC(=O)OC(C)(C)C)C(NC(=O)OC(C)(C)C)C(CCCCCCO)CN(C(=O)OC(C)(C)C)C(CCCN(CCC)C(=O)OC(C)(C)C)NC(=O)OC(C)(C)C)C(=O)OC(C)(C)C. The topological polar surface area (TPSA) is 224 Å². The number of hydrogen-bond donors (Lipinski definition) is 4. The molecule has 0 radical (unpaired) electrons. The summed E-state index contributed by atoms with van der Waals surface area (Å²) in [4.78, 5) is 88.1. The summed E-state index contributed by atoms with van der Waals surface area (Å²) in [6.07, 6.45) is 0.0855. The van der Waals surface area contributed by atoms with Crippen LogP contribution in [0.4, 0.5) is 28.8 Å². The second kappa shape index (κ2) is 30.7. The van der Waals surface area contributed by atoms with Crippen molar-refractivity contribution in [3.05, 3.63) is 0 Å². The van der Waals surface area contributed by atoms with Gasteiger partial charge in [-0.25, -0.2) is 28.8 Å². The molecule has 0 spiro atoms. The maximum Gasteiger partial charge on any atom is 0.411 e. The number of nitrogens with zero attached hydrogens (tertiary/aromatic N) is 3. The van der Waals surface area contributed by atoms with Gasteiger partial charge in [-0.05, 0) is 182 Å². The van der Waals surface area contributed by atoms with Gasteiger partial charge in [0.25, 0.3) is 0 Å². The molecule has 19 heteroatoms. The van der Waals surface area contributed by atoms with Crippen molar-refractivity contribution in [1.29, 1.82) is 0 Å². The van der Waals surface area contributed by atoms with Crippen molar-refractivity contribution in [2.75, 3.05) is 39.3 Å². The molecule has 0 aliphatic heterocycles. The van der Waals surface area contributed by atoms with Crippen LogP contribution >= 0.6 is 0 Å². The Balaban J connectivity index is 8.15. The molecule has 0 aromatic heterocycles. The molecule has 0 saturated heterocycles. The summed E-state index contributed by atoms with van der Waals surface area (Å²) in [5.41, 5.74) is -5.19. The van der Waals surface area contributed by atoms with Crippen molar-refractivity contribution in [2.45, 2.75) is 261 Å². The zero-order valence-electron chi connectivity index (χ0n) is 48.5. The summed E-state index contributed by atoms with van der Waals surface area (Å²) in [6, 6.07) is -1.85. The van der Waals surface area contributed by atoms with Crippen LogP contribution in [0.5, 0.6) is 0 Å². The van der Waals surface area contributed by atoms with Crippen molar-refractivity contribution in [1.82, 2.24) is 30.7 Å². The van der Waals surface area contributed by atoms with E-state index < -0.39 is 94.3 Å². The second-order valence-corrected chi connectivity index (χ2v) is 24.6. The van der Waals surface area contributed by atoms with E-state index >= 15 is 0 Å². The lowest BCUT2D eigenvalue weighted by molar-refractivity contribution is -0.00195. The van der Waals surface area contributed by atoms with Gasteiger partial charge in [0.05, 0.1) is 12.1 Å². The Morgan fingerprint density at radius 3 is 1.21 bits per heavy atom. The number of carbonyl (C=O) groups is 6. The number of hydrogen-bond acceptors (Lipinski definition) is 13. The fourth-order valence-corrected chi connectivity index (χ4v) is 7.46. The molecule has 4 atom stereocenters. The molecule has 0 aromatic rings. The monoisotopic (exact) mass is 1030 g/mol. The van der Waals surface area contributed by atoms with Crippen molar-refractivity contribution in [3.63, 3.8) is 0 Å². The van der Waals surface area contributed by atoms with Gasteiger partial charge < -0.3 is 59.3 Å². The maximum atomic E-state index is 14.8. The fourth-order valence-electron chi connectivity index (χ4n) is 7.46. The maximum absolute atomic E-state index is 14.8. The smallest absolute Gasteiger partial charge is 0.411 e. The van der Waals surface area contributed by atoms with Crippen molar-refractivity contribution in [2.24, 2.45) is 5.92 Å². The van der Waals surface area contributed by atoms with E-state index in [9.17, 15) is 33.9 Å². The summed E-state index contributed by atoms with van der Waals surface area (Å²) < 4.78 is 35.0. The lowest BCUT2D eigenvalue weighted by Gasteiger charge is -2.41. The van der Waals surface area contributed by atoms with E-state index in [2.05, 4.69) is 16.0 Å². The molecular formula is C53H102N6O13. The van der Waals surface area contributed by atoms with E-state index in [-0.39, 0.29) is 39.1 Å². The first-order valence-corrected chi connectivity index (χ1v) is 26.3. The molecule has 0 fully saturated rings. The Hall–Kier alpha value is -4.42. The van der Waals surface area contributed by atoms with Crippen molar-refractivity contribution >= 4 is 36.6 Å². The fraction of sp³-hybridized carbons (Fsp3) is 0.887. The lowest BCUT2D eigenvalue weighted by Crippen LogP contribution is -2.60. The standard InChI is InChI=1S/C53H102N6O13/c1-21-32-57(45(64)70-51(12,13)14)34-27-30-39(54-42(61)67-48(3,4)5)41(56-44(63)69-50(9,10)11)38(29-25-23-24-26-36-60)37-59(47(66)72-53(18,19)20)40(55-43(62)68-49(6,7)8)31-28-35-58(33-22-2)46(65)71-52(15,16)17/h38-41,60H,21-37H2,1-20H3,(H,54,61)(H,55,62)(H,56,63). The van der Waals surface area contributed by atoms with Gasteiger partial charge in [-0.3, -0.25) is 4.90 Å². The number of aliphatic hydroxyl groups is 1. The summed E-state index contributed by atoms with van der Waals surface area (Å²) >= 11 is 0. The average Bonchev–Trinajstić information content (AvgIpc) is 3.15. The molecule has 0 bridgehead atoms. The highest BCUT2D eigenvalue weighted by molar-refractivity contribution is 5.72. The first-order chi connectivity index (χ1) is 32.8. The number of amides is 6. The third-order valence-electron chi connectivity index (χ3n) is 10.1. The first-order valence-electron chi connectivity index (χ1n) is 26.3. The predicted octanol–water partition coefficient (Wildman–Crippen LogP) is 11.3. The van der Waals surface area contributed by atoms with Crippen LogP contribution in [-0.4, -0.2) is 148 Å². The third-order valence-corrected chi connectivity index (χ3v) is 10.1. The molecule has 4 unspecified atom stereocenters. The number of ether oxygens (including phenoxy) is 6. The van der Waals surface area contributed by atoms with Crippen LogP contribution in [0, 0.1) is 5.92 Å². The van der Waals surface area contributed by atoms with Gasteiger partial charge in [-0.15, -0.1) is 0 Å². The van der Waals surface area contributed by atoms with Gasteiger partial charge in [0.15, 0.2) is 0 Å². The molecule has 0 saturated carbocycles. The van der Waals surface area contributed by atoms with Gasteiger partial charge in [-0.2, -0.15) is 0 Å². The quantitative estimate of drug-likeness (QED) is 0.0360. The Morgan fingerprint density at radius 1 is 0.431 bits per heavy atom. The van der Waals surface area contributed by atoms with Crippen molar-refractivity contribution < 1.29 is 62.3 Å². The normalized spacial score (nSPS) is 14.1. The van der Waals surface area contributed by atoms with E-state index in [1.807, 2.05) is 13.8 Å². The zero-order chi connectivity index (χ0) is 55.9. The van der Waals surface area contributed by atoms with E-state index in [4.69, 9.17) is 28.4 Å². The molecule has 0 aromatic carbocycles. The molecule has 6 amide bonds. The van der Waals surface area contributed by atoms with Gasteiger partial charge in [-0.1, -0.05) is 33.1 Å². The minimum absolute atomic E-state index is 0.0144. The molecule has 4 N–H and O–H groups in total. The summed E-state index contributed by atoms with van der Waals surface area (Å²) in [7, 11) is 0. The van der Waals surface area contributed by atoms with E-state index in [1.165, 1.54) is 4.90 Å². The van der Waals surface area contributed by atoms with Crippen LogP contribution in [-0.2, 0) is 28.4 Å². The molecule has 0 aliphatic rings. The number of alkyl carbamates (subject to hydrolysis) is 3. The number of unbranched alkanes of at least 4 members (excludes halogenated alkanes) is 3. The zero-order valence-corrected chi connectivity index (χ0v) is 48.5. The van der Waals surface area contributed by atoms with Crippen LogP contribution in [0.1, 0.15) is 209 Å². The Labute approximate surface area is 434 Å². The van der Waals surface area contributed by atoms with Gasteiger partial charge in [0.2, 0.25) is 0 Å². The highest BCUT2D eigenvalue weighted by Crippen LogP contribution is 2.27. The lowest BCUT2D eigenvalue weighted by atomic mass is 9.85. The summed E-state index contributed by atoms with van der Waals surface area (Å²) in [6.45, 7) is 36.7. The summed E-state index contributed by atoms with van der Waals surface area (Å²) in [5.74, 6) is -0.682. The Kier molecular flexibility index (Phi) is 28.8. The number of carbonyl (C=O) groups excluding carboxylic acids is 6. The average molecular weight is 1030 g/mol. The van der Waals surface area contributed by atoms with E-state index in [0.29, 0.717) is 70.9 Å². The molecule has 72 heavy (non-hydrogen) atoms. The van der Waals surface area contributed by atoms with E-state index in [1.54, 1.807) is 134 Å². The molecule has 0 rings (SSSR count). The molecule has 0 aliphatic carbocycles. The van der Waals surface area contributed by atoms with Crippen LogP contribution in [0.3, 0.4) is 0 Å². The minimum Gasteiger partial charge on any atom is -0.444 e. The Morgan fingerprint density at radius 2 is 0.806 bits per heavy atom. The molecule has 0 heterocycles. The highest BCUT2D eigenvalue weighted by atomic mass is 16.6. The van der Waals surface area contributed by atoms with Crippen molar-refractivity contribution in [3.8, 4) is 0 Å². The number of nitrogens with one attached hydrogen (secondary N) is 3. The second-order valence-electron chi connectivity index (χ2n) is 24.6. The van der Waals surface area contributed by atoms with Crippen LogP contribution in [0.2, 0.25) is 0 Å². The number of aliphatic hydroxyl groups excluding tert-OH is 1. The van der Waals surface area contributed by atoms with E-state index in [0.717, 1.165) is 0 Å². The minimum atomic E-state index is -1.08. The van der Waals surface area contributed by atoms with Gasteiger partial charge in [0.1, 0.15) is 39.8 Å². The summed E-state index contributed by atoms with van der Waals surface area (Å²) in [5, 5.41) is 18.7. The van der Waals surface area contributed by atoms with Crippen LogP contribution in [0.15, 0.2) is 0 Å². The first kappa shape index (κ1) is 67.6. The third kappa shape index (κ3) is 33.3. The van der Waals surface area contributed by atoms with Crippen LogP contribution in [0.25, 0.3) is 0 Å². The Bertz CT molecular complexity index is 1640. The van der Waals surface area contributed by atoms with Crippen LogP contribution < -0.4 is 16.0 Å². The highest BCUT2D eigenvalue weighted by Gasteiger charge is 2.40. The molecule has 422 valence electrons. The molecular weight excluding hydrogens is 929 g/mol. The molecule has 19 nitrogen and oxygen atoms in total. The number of rotatable bonds is 26. The van der Waals surface area contributed by atoms with Gasteiger partial charge in [0, 0.05) is 39.3 Å². The van der Waals surface area contributed by atoms with Gasteiger partial charge >= 0.3 is 36.6 Å². The largest absolute Gasteiger partial charge is 0.444 e.